The van der Waals surface area contributed by atoms with Gasteiger partial charge in [-0.2, -0.15) is 0 Å². The van der Waals surface area contributed by atoms with Crippen LogP contribution in [0.3, 0.4) is 0 Å². The number of ether oxygens (including phenoxy) is 1. The van der Waals surface area contributed by atoms with Crippen molar-refractivity contribution >= 4 is 11.6 Å². The lowest BCUT2D eigenvalue weighted by Gasteiger charge is -2.27. The third kappa shape index (κ3) is 3.73. The normalized spacial score (nSPS) is 22.4. The summed E-state index contributed by atoms with van der Waals surface area (Å²) in [6.07, 6.45) is 2.03. The van der Waals surface area contributed by atoms with Crippen molar-refractivity contribution < 1.29 is 9.53 Å². The van der Waals surface area contributed by atoms with E-state index in [2.05, 4.69) is 17.6 Å². The van der Waals surface area contributed by atoms with E-state index in [4.69, 9.17) is 4.74 Å². The molecule has 20 heavy (non-hydrogen) atoms. The molecule has 1 fully saturated rings. The molecule has 0 radical (unpaired) electrons. The number of benzene rings is 1. The maximum atomic E-state index is 12.3. The van der Waals surface area contributed by atoms with E-state index in [1.165, 1.54) is 0 Å². The van der Waals surface area contributed by atoms with E-state index in [-0.39, 0.29) is 11.9 Å². The number of aryl methyl sites for hydroxylation is 1. The SMILES string of the molecule is CCOc1cc(C)ccc1NC(=O)C1CC(C)CCN1. The molecule has 1 amide bonds. The van der Waals surface area contributed by atoms with E-state index in [0.717, 1.165) is 36.4 Å². The maximum absolute atomic E-state index is 12.3. The molecule has 1 aliphatic heterocycles. The van der Waals surface area contributed by atoms with Gasteiger partial charge in [-0.3, -0.25) is 4.79 Å². The van der Waals surface area contributed by atoms with Gasteiger partial charge in [0.15, 0.2) is 0 Å². The fourth-order valence-corrected chi connectivity index (χ4v) is 2.53. The number of hydrogen-bond donors (Lipinski definition) is 2. The van der Waals surface area contributed by atoms with E-state index in [1.807, 2.05) is 32.0 Å². The van der Waals surface area contributed by atoms with E-state index in [1.54, 1.807) is 0 Å². The van der Waals surface area contributed by atoms with Crippen LogP contribution >= 0.6 is 0 Å². The van der Waals surface area contributed by atoms with E-state index in [0.29, 0.717) is 12.5 Å². The van der Waals surface area contributed by atoms with Gasteiger partial charge < -0.3 is 15.4 Å². The van der Waals surface area contributed by atoms with Crippen molar-refractivity contribution in [2.75, 3.05) is 18.5 Å². The summed E-state index contributed by atoms with van der Waals surface area (Å²) in [6.45, 7) is 7.64. The van der Waals surface area contributed by atoms with Gasteiger partial charge in [-0.25, -0.2) is 0 Å². The molecular weight excluding hydrogens is 252 g/mol. The van der Waals surface area contributed by atoms with Crippen LogP contribution < -0.4 is 15.4 Å². The molecule has 2 N–H and O–H groups in total. The summed E-state index contributed by atoms with van der Waals surface area (Å²) >= 11 is 0. The van der Waals surface area contributed by atoms with Crippen LogP contribution in [-0.2, 0) is 4.79 Å². The fraction of sp³-hybridized carbons (Fsp3) is 0.562. The Balaban J connectivity index is 2.06. The smallest absolute Gasteiger partial charge is 0.241 e. The Morgan fingerprint density at radius 2 is 2.30 bits per heavy atom. The van der Waals surface area contributed by atoms with Crippen LogP contribution in [-0.4, -0.2) is 25.1 Å². The molecule has 2 rings (SSSR count). The van der Waals surface area contributed by atoms with E-state index in [9.17, 15) is 4.79 Å². The molecule has 2 unspecified atom stereocenters. The third-order valence-corrected chi connectivity index (χ3v) is 3.68. The van der Waals surface area contributed by atoms with Gasteiger partial charge in [0, 0.05) is 0 Å². The highest BCUT2D eigenvalue weighted by Crippen LogP contribution is 2.26. The zero-order valence-electron chi connectivity index (χ0n) is 12.5. The van der Waals surface area contributed by atoms with Crippen molar-refractivity contribution in [3.05, 3.63) is 23.8 Å². The molecule has 0 aromatic heterocycles. The Morgan fingerprint density at radius 3 is 3.00 bits per heavy atom. The second-order valence-corrected chi connectivity index (χ2v) is 5.56. The van der Waals surface area contributed by atoms with Crippen LogP contribution in [0.1, 0.15) is 32.3 Å². The number of hydrogen-bond acceptors (Lipinski definition) is 3. The molecule has 2 atom stereocenters. The van der Waals surface area contributed by atoms with Gasteiger partial charge in [0.2, 0.25) is 5.91 Å². The summed E-state index contributed by atoms with van der Waals surface area (Å²) in [5.41, 5.74) is 1.87. The van der Waals surface area contributed by atoms with Crippen LogP contribution in [0.5, 0.6) is 5.75 Å². The molecule has 1 heterocycles. The van der Waals surface area contributed by atoms with Crippen molar-refractivity contribution in [3.8, 4) is 5.75 Å². The van der Waals surface area contributed by atoms with E-state index >= 15 is 0 Å². The number of anilines is 1. The standard InChI is InChI=1S/C16H24N2O2/c1-4-20-15-10-11(2)5-6-13(15)18-16(19)14-9-12(3)7-8-17-14/h5-6,10,12,14,17H,4,7-9H2,1-3H3,(H,18,19). The topological polar surface area (TPSA) is 50.4 Å². The molecule has 1 aromatic rings. The summed E-state index contributed by atoms with van der Waals surface area (Å²) in [5.74, 6) is 1.36. The van der Waals surface area contributed by atoms with Crippen molar-refractivity contribution in [3.63, 3.8) is 0 Å². The second kappa shape index (κ2) is 6.75. The predicted molar refractivity (Wildman–Crippen MR) is 81.2 cm³/mol. The first kappa shape index (κ1) is 14.9. The van der Waals surface area contributed by atoms with Crippen LogP contribution in [0.4, 0.5) is 5.69 Å². The molecule has 1 saturated heterocycles. The van der Waals surface area contributed by atoms with Gasteiger partial charge in [-0.05, 0) is 56.8 Å². The molecule has 1 aliphatic rings. The summed E-state index contributed by atoms with van der Waals surface area (Å²) < 4.78 is 5.59. The van der Waals surface area contributed by atoms with Gasteiger partial charge >= 0.3 is 0 Å². The minimum absolute atomic E-state index is 0.0290. The van der Waals surface area contributed by atoms with Crippen LogP contribution in [0.15, 0.2) is 18.2 Å². The zero-order chi connectivity index (χ0) is 14.5. The molecule has 0 saturated carbocycles. The first-order valence-electron chi connectivity index (χ1n) is 7.38. The highest BCUT2D eigenvalue weighted by Gasteiger charge is 2.25. The zero-order valence-corrected chi connectivity index (χ0v) is 12.5. The summed E-state index contributed by atoms with van der Waals surface area (Å²) in [7, 11) is 0. The summed E-state index contributed by atoms with van der Waals surface area (Å²) in [6, 6.07) is 5.74. The van der Waals surface area contributed by atoms with Crippen molar-refractivity contribution in [2.45, 2.75) is 39.7 Å². The monoisotopic (exact) mass is 276 g/mol. The highest BCUT2D eigenvalue weighted by atomic mass is 16.5. The Morgan fingerprint density at radius 1 is 1.50 bits per heavy atom. The van der Waals surface area contributed by atoms with Gasteiger partial charge in [0.1, 0.15) is 5.75 Å². The number of rotatable bonds is 4. The molecule has 0 bridgehead atoms. The quantitative estimate of drug-likeness (QED) is 0.889. The summed E-state index contributed by atoms with van der Waals surface area (Å²) in [5, 5.41) is 6.27. The van der Waals surface area contributed by atoms with Gasteiger partial charge in [0.05, 0.1) is 18.3 Å². The lowest BCUT2D eigenvalue weighted by atomic mass is 9.94. The molecule has 0 aliphatic carbocycles. The van der Waals surface area contributed by atoms with Gasteiger partial charge in [-0.1, -0.05) is 13.0 Å². The lowest BCUT2D eigenvalue weighted by molar-refractivity contribution is -0.119. The lowest BCUT2D eigenvalue weighted by Crippen LogP contribution is -2.45. The molecule has 0 spiro atoms. The largest absolute Gasteiger partial charge is 0.492 e. The number of nitrogens with one attached hydrogen (secondary N) is 2. The molecular formula is C16H24N2O2. The third-order valence-electron chi connectivity index (χ3n) is 3.68. The van der Waals surface area contributed by atoms with E-state index < -0.39 is 0 Å². The average molecular weight is 276 g/mol. The number of carbonyl (C=O) groups excluding carboxylic acids is 1. The number of amides is 1. The first-order chi connectivity index (χ1) is 9.60. The predicted octanol–water partition coefficient (Wildman–Crippen LogP) is 2.72. The maximum Gasteiger partial charge on any atom is 0.241 e. The molecule has 110 valence electrons. The van der Waals surface area contributed by atoms with Gasteiger partial charge in [0.25, 0.3) is 0 Å². The van der Waals surface area contributed by atoms with Gasteiger partial charge in [-0.15, -0.1) is 0 Å². The number of piperidine rings is 1. The van der Waals surface area contributed by atoms with Crippen LogP contribution in [0.25, 0.3) is 0 Å². The fourth-order valence-electron chi connectivity index (χ4n) is 2.53. The van der Waals surface area contributed by atoms with Crippen LogP contribution in [0, 0.1) is 12.8 Å². The number of carbonyl (C=O) groups is 1. The molecule has 1 aromatic carbocycles. The Labute approximate surface area is 120 Å². The molecule has 4 nitrogen and oxygen atoms in total. The Kier molecular flexibility index (Phi) is 5.01. The van der Waals surface area contributed by atoms with Crippen LogP contribution in [0.2, 0.25) is 0 Å². The van der Waals surface area contributed by atoms with Crippen molar-refractivity contribution in [1.82, 2.24) is 5.32 Å². The Hall–Kier alpha value is -1.55. The summed E-state index contributed by atoms with van der Waals surface area (Å²) in [4.78, 5) is 12.3. The first-order valence-corrected chi connectivity index (χ1v) is 7.38. The highest BCUT2D eigenvalue weighted by molar-refractivity contribution is 5.96. The average Bonchev–Trinajstić information content (AvgIpc) is 2.42. The minimum atomic E-state index is -0.102. The Bertz CT molecular complexity index is 474. The minimum Gasteiger partial charge on any atom is -0.492 e. The van der Waals surface area contributed by atoms with Crippen molar-refractivity contribution in [1.29, 1.82) is 0 Å². The second-order valence-electron chi connectivity index (χ2n) is 5.56. The molecule has 4 heteroatoms. The van der Waals surface area contributed by atoms with Crippen molar-refractivity contribution in [2.24, 2.45) is 5.92 Å².